The molecular weight excluding hydrogens is 290 g/mol. The molecule has 3 aromatic rings. The molecule has 1 aliphatic rings. The van der Waals surface area contributed by atoms with Crippen molar-refractivity contribution in [1.29, 1.82) is 0 Å². The van der Waals surface area contributed by atoms with Crippen molar-refractivity contribution in [3.8, 4) is 11.1 Å². The summed E-state index contributed by atoms with van der Waals surface area (Å²) in [6.45, 7) is 4.36. The van der Waals surface area contributed by atoms with Crippen molar-refractivity contribution in [1.82, 2.24) is 0 Å². The van der Waals surface area contributed by atoms with Gasteiger partial charge >= 0.3 is 0 Å². The Bertz CT molecular complexity index is 852. The van der Waals surface area contributed by atoms with Crippen molar-refractivity contribution >= 4 is 5.69 Å². The lowest BCUT2D eigenvalue weighted by atomic mass is 9.88. The summed E-state index contributed by atoms with van der Waals surface area (Å²) in [6.07, 6.45) is 0. The van der Waals surface area contributed by atoms with Crippen LogP contribution in [-0.2, 0) is 0 Å². The van der Waals surface area contributed by atoms with Crippen LogP contribution in [-0.4, -0.2) is 14.1 Å². The molecule has 0 aromatic heterocycles. The standard InChI is InChI=1S/C23H23N/c1-15-5-11-19-20-12-6-16(2)14-22(20)23(21(19)13-15)17-7-9-18(10-8-17)24(3)4/h5-14,23H,1-4H3. The number of nitrogens with zero attached hydrogens (tertiary/aromatic N) is 1. The van der Waals surface area contributed by atoms with E-state index in [1.165, 1.54) is 44.6 Å². The van der Waals surface area contributed by atoms with E-state index in [1.807, 2.05) is 0 Å². The molecule has 3 aromatic carbocycles. The minimum Gasteiger partial charge on any atom is -0.378 e. The summed E-state index contributed by atoms with van der Waals surface area (Å²) >= 11 is 0. The number of anilines is 1. The lowest BCUT2D eigenvalue weighted by Crippen LogP contribution is -2.08. The zero-order valence-corrected chi connectivity index (χ0v) is 14.8. The highest BCUT2D eigenvalue weighted by molar-refractivity contribution is 5.81. The number of rotatable bonds is 2. The Kier molecular flexibility index (Phi) is 3.45. The second-order valence-corrected chi connectivity index (χ2v) is 7.10. The van der Waals surface area contributed by atoms with Gasteiger partial charge in [0.25, 0.3) is 0 Å². The Morgan fingerprint density at radius 3 is 1.62 bits per heavy atom. The first-order valence-corrected chi connectivity index (χ1v) is 8.53. The van der Waals surface area contributed by atoms with Crippen LogP contribution >= 0.6 is 0 Å². The zero-order valence-electron chi connectivity index (χ0n) is 14.8. The highest BCUT2D eigenvalue weighted by Gasteiger charge is 2.29. The van der Waals surface area contributed by atoms with E-state index in [-0.39, 0.29) is 0 Å². The third-order valence-corrected chi connectivity index (χ3v) is 5.07. The van der Waals surface area contributed by atoms with Crippen molar-refractivity contribution < 1.29 is 0 Å². The van der Waals surface area contributed by atoms with Crippen molar-refractivity contribution in [3.63, 3.8) is 0 Å². The van der Waals surface area contributed by atoms with Gasteiger partial charge in [-0.2, -0.15) is 0 Å². The Balaban J connectivity index is 1.91. The van der Waals surface area contributed by atoms with E-state index in [1.54, 1.807) is 0 Å². The number of fused-ring (bicyclic) bond motifs is 3. The average Bonchev–Trinajstić information content (AvgIpc) is 2.87. The van der Waals surface area contributed by atoms with Gasteiger partial charge in [-0.1, -0.05) is 59.7 Å². The number of hydrogen-bond donors (Lipinski definition) is 0. The van der Waals surface area contributed by atoms with Gasteiger partial charge in [-0.3, -0.25) is 0 Å². The van der Waals surface area contributed by atoms with E-state index in [0.29, 0.717) is 5.92 Å². The second-order valence-electron chi connectivity index (χ2n) is 7.10. The van der Waals surface area contributed by atoms with Gasteiger partial charge in [0.2, 0.25) is 0 Å². The maximum Gasteiger partial charge on any atom is 0.0361 e. The molecule has 1 aliphatic carbocycles. The molecule has 120 valence electrons. The summed E-state index contributed by atoms with van der Waals surface area (Å²) in [7, 11) is 4.17. The third kappa shape index (κ3) is 2.32. The molecule has 1 nitrogen and oxygen atoms in total. The van der Waals surface area contributed by atoms with Gasteiger partial charge in [-0.05, 0) is 53.8 Å². The Hall–Kier alpha value is -2.54. The minimum absolute atomic E-state index is 0.339. The molecule has 1 heteroatoms. The fourth-order valence-corrected chi connectivity index (χ4v) is 3.82. The highest BCUT2D eigenvalue weighted by atomic mass is 15.1. The average molecular weight is 313 g/mol. The van der Waals surface area contributed by atoms with E-state index in [2.05, 4.69) is 93.5 Å². The van der Waals surface area contributed by atoms with Gasteiger partial charge in [0, 0.05) is 25.7 Å². The van der Waals surface area contributed by atoms with Crippen LogP contribution in [0.5, 0.6) is 0 Å². The van der Waals surface area contributed by atoms with Crippen molar-refractivity contribution in [2.75, 3.05) is 19.0 Å². The van der Waals surface area contributed by atoms with Crippen LogP contribution in [0.1, 0.15) is 33.7 Å². The summed E-state index contributed by atoms with van der Waals surface area (Å²) in [4.78, 5) is 2.15. The van der Waals surface area contributed by atoms with Crippen molar-refractivity contribution in [2.24, 2.45) is 0 Å². The topological polar surface area (TPSA) is 3.24 Å². The smallest absolute Gasteiger partial charge is 0.0361 e. The van der Waals surface area contributed by atoms with Crippen molar-refractivity contribution in [2.45, 2.75) is 19.8 Å². The molecule has 0 N–H and O–H groups in total. The molecule has 0 saturated carbocycles. The van der Waals surface area contributed by atoms with E-state index in [9.17, 15) is 0 Å². The molecule has 0 spiro atoms. The highest BCUT2D eigenvalue weighted by Crippen LogP contribution is 2.48. The SMILES string of the molecule is Cc1ccc2c(c1)C(c1ccc(N(C)C)cc1)c1cc(C)ccc1-2. The predicted molar refractivity (Wildman–Crippen MR) is 103 cm³/mol. The largest absolute Gasteiger partial charge is 0.378 e. The molecule has 0 bridgehead atoms. The first kappa shape index (κ1) is 15.0. The first-order chi connectivity index (χ1) is 11.5. The first-order valence-electron chi connectivity index (χ1n) is 8.53. The minimum atomic E-state index is 0.339. The molecule has 0 fully saturated rings. The summed E-state index contributed by atoms with van der Waals surface area (Å²) in [5.74, 6) is 0.339. The predicted octanol–water partition coefficient (Wildman–Crippen LogP) is 5.53. The van der Waals surface area contributed by atoms with E-state index >= 15 is 0 Å². The Morgan fingerprint density at radius 2 is 1.17 bits per heavy atom. The Labute approximate surface area is 144 Å². The van der Waals surface area contributed by atoms with Crippen LogP contribution in [0, 0.1) is 13.8 Å². The van der Waals surface area contributed by atoms with Gasteiger partial charge < -0.3 is 4.90 Å². The van der Waals surface area contributed by atoms with Gasteiger partial charge in [0.1, 0.15) is 0 Å². The van der Waals surface area contributed by atoms with Crippen LogP contribution in [0.2, 0.25) is 0 Å². The maximum atomic E-state index is 2.36. The van der Waals surface area contributed by atoms with Crippen LogP contribution < -0.4 is 4.90 Å². The van der Waals surface area contributed by atoms with E-state index in [0.717, 1.165) is 0 Å². The maximum absolute atomic E-state index is 2.36. The molecule has 0 heterocycles. The normalized spacial score (nSPS) is 12.8. The number of hydrogen-bond acceptors (Lipinski definition) is 1. The zero-order chi connectivity index (χ0) is 16.8. The quantitative estimate of drug-likeness (QED) is 0.470. The van der Waals surface area contributed by atoms with Crippen LogP contribution in [0.15, 0.2) is 60.7 Å². The Morgan fingerprint density at radius 1 is 0.667 bits per heavy atom. The molecular formula is C23H23N. The van der Waals surface area contributed by atoms with Gasteiger partial charge in [0.05, 0.1) is 0 Å². The summed E-state index contributed by atoms with van der Waals surface area (Å²) in [5, 5.41) is 0. The molecule has 0 radical (unpaired) electrons. The summed E-state index contributed by atoms with van der Waals surface area (Å²) in [6, 6.07) is 22.7. The molecule has 0 amide bonds. The molecule has 0 atom stereocenters. The summed E-state index contributed by atoms with van der Waals surface area (Å²) in [5.41, 5.74) is 10.9. The number of benzene rings is 3. The molecule has 0 saturated heterocycles. The third-order valence-electron chi connectivity index (χ3n) is 5.07. The fraction of sp³-hybridized carbons (Fsp3) is 0.217. The molecule has 4 rings (SSSR count). The molecule has 24 heavy (non-hydrogen) atoms. The van der Waals surface area contributed by atoms with Crippen LogP contribution in [0.25, 0.3) is 11.1 Å². The summed E-state index contributed by atoms with van der Waals surface area (Å²) < 4.78 is 0. The van der Waals surface area contributed by atoms with Gasteiger partial charge in [-0.25, -0.2) is 0 Å². The van der Waals surface area contributed by atoms with Crippen LogP contribution in [0.3, 0.4) is 0 Å². The van der Waals surface area contributed by atoms with Crippen LogP contribution in [0.4, 0.5) is 5.69 Å². The molecule has 0 aliphatic heterocycles. The lowest BCUT2D eigenvalue weighted by Gasteiger charge is -2.18. The number of aryl methyl sites for hydroxylation is 2. The van der Waals surface area contributed by atoms with E-state index in [4.69, 9.17) is 0 Å². The van der Waals surface area contributed by atoms with Gasteiger partial charge in [0.15, 0.2) is 0 Å². The molecule has 0 unspecified atom stereocenters. The lowest BCUT2D eigenvalue weighted by molar-refractivity contribution is 1.01. The van der Waals surface area contributed by atoms with Crippen molar-refractivity contribution in [3.05, 3.63) is 88.5 Å². The van der Waals surface area contributed by atoms with E-state index < -0.39 is 0 Å². The van der Waals surface area contributed by atoms with Gasteiger partial charge in [-0.15, -0.1) is 0 Å². The monoisotopic (exact) mass is 313 g/mol. The second kappa shape index (κ2) is 5.52. The fourth-order valence-electron chi connectivity index (χ4n) is 3.82.